The third-order valence-electron chi connectivity index (χ3n) is 4.65. The van der Waals surface area contributed by atoms with Gasteiger partial charge in [-0.1, -0.05) is 6.07 Å². The largest absolute Gasteiger partial charge is 0.497 e. The van der Waals surface area contributed by atoms with E-state index in [9.17, 15) is 13.6 Å². The number of hydrogen-bond donors (Lipinski definition) is 1. The standard InChI is InChI=1S/C20H23F2N3O2/c1-27-17-4-2-3-16(14-17)25-11-9-24(10-12-25)8-7-20(26)23-15-5-6-18(21)19(22)13-15/h2-6,13-14H,7-12H2,1H3,(H,23,26). The highest BCUT2D eigenvalue weighted by Crippen LogP contribution is 2.22. The van der Waals surface area contributed by atoms with Gasteiger partial charge in [-0.3, -0.25) is 9.69 Å². The number of carbonyl (C=O) groups is 1. The number of piperazine rings is 1. The second kappa shape index (κ2) is 8.81. The van der Waals surface area contributed by atoms with Crippen LogP contribution in [0.4, 0.5) is 20.2 Å². The number of carbonyl (C=O) groups excluding carboxylic acids is 1. The molecule has 1 N–H and O–H groups in total. The molecule has 5 nitrogen and oxygen atoms in total. The van der Waals surface area contributed by atoms with Gasteiger partial charge in [-0.2, -0.15) is 0 Å². The molecule has 0 aliphatic carbocycles. The lowest BCUT2D eigenvalue weighted by Gasteiger charge is -2.36. The fraction of sp³-hybridized carbons (Fsp3) is 0.350. The van der Waals surface area contributed by atoms with Crippen molar-refractivity contribution in [2.75, 3.05) is 50.1 Å². The van der Waals surface area contributed by atoms with Crippen molar-refractivity contribution in [3.63, 3.8) is 0 Å². The Labute approximate surface area is 157 Å². The first-order chi connectivity index (χ1) is 13.0. The summed E-state index contributed by atoms with van der Waals surface area (Å²) < 4.78 is 31.4. The van der Waals surface area contributed by atoms with Crippen LogP contribution in [0.25, 0.3) is 0 Å². The minimum atomic E-state index is -0.971. The Kier molecular flexibility index (Phi) is 6.24. The molecule has 3 rings (SSSR count). The Morgan fingerprint density at radius 3 is 2.56 bits per heavy atom. The molecule has 0 saturated carbocycles. The van der Waals surface area contributed by atoms with E-state index >= 15 is 0 Å². The van der Waals surface area contributed by atoms with Crippen molar-refractivity contribution in [3.05, 3.63) is 54.1 Å². The molecule has 0 atom stereocenters. The summed E-state index contributed by atoms with van der Waals surface area (Å²) in [4.78, 5) is 16.5. The lowest BCUT2D eigenvalue weighted by Crippen LogP contribution is -2.47. The van der Waals surface area contributed by atoms with Gasteiger partial charge < -0.3 is 15.0 Å². The number of hydrogen-bond acceptors (Lipinski definition) is 4. The quantitative estimate of drug-likeness (QED) is 0.843. The average Bonchev–Trinajstić information content (AvgIpc) is 2.69. The maximum absolute atomic E-state index is 13.2. The number of rotatable bonds is 6. The Hall–Kier alpha value is -2.67. The predicted octanol–water partition coefficient (Wildman–Crippen LogP) is 3.12. The van der Waals surface area contributed by atoms with E-state index in [1.165, 1.54) is 6.07 Å². The zero-order valence-corrected chi connectivity index (χ0v) is 15.3. The Bertz CT molecular complexity index is 793. The number of ether oxygens (including phenoxy) is 1. The van der Waals surface area contributed by atoms with Gasteiger partial charge in [0.05, 0.1) is 7.11 Å². The summed E-state index contributed by atoms with van der Waals surface area (Å²) in [5, 5.41) is 2.60. The van der Waals surface area contributed by atoms with Gasteiger partial charge in [0, 0.05) is 62.7 Å². The first kappa shape index (κ1) is 19.1. The van der Waals surface area contributed by atoms with E-state index in [0.29, 0.717) is 13.0 Å². The molecule has 0 radical (unpaired) electrons. The lowest BCUT2D eigenvalue weighted by atomic mass is 10.2. The Morgan fingerprint density at radius 2 is 1.85 bits per heavy atom. The van der Waals surface area contributed by atoms with Gasteiger partial charge >= 0.3 is 0 Å². The smallest absolute Gasteiger partial charge is 0.225 e. The highest BCUT2D eigenvalue weighted by atomic mass is 19.2. The van der Waals surface area contributed by atoms with Crippen molar-refractivity contribution in [1.82, 2.24) is 4.90 Å². The molecule has 7 heteroatoms. The summed E-state index contributed by atoms with van der Waals surface area (Å²) in [6, 6.07) is 11.3. The average molecular weight is 375 g/mol. The minimum absolute atomic E-state index is 0.212. The zero-order valence-electron chi connectivity index (χ0n) is 15.3. The molecule has 144 valence electrons. The molecule has 2 aromatic carbocycles. The van der Waals surface area contributed by atoms with Crippen molar-refractivity contribution in [1.29, 1.82) is 0 Å². The van der Waals surface area contributed by atoms with Crippen LogP contribution in [0.1, 0.15) is 6.42 Å². The number of methoxy groups -OCH3 is 1. The van der Waals surface area contributed by atoms with Crippen LogP contribution in [0, 0.1) is 11.6 Å². The molecule has 0 bridgehead atoms. The highest BCUT2D eigenvalue weighted by molar-refractivity contribution is 5.90. The summed E-state index contributed by atoms with van der Waals surface area (Å²) in [6.45, 7) is 4.09. The molecule has 1 heterocycles. The van der Waals surface area contributed by atoms with Crippen LogP contribution < -0.4 is 15.0 Å². The van der Waals surface area contributed by atoms with Crippen molar-refractivity contribution in [2.24, 2.45) is 0 Å². The number of halogens is 2. The molecule has 0 unspecified atom stereocenters. The van der Waals surface area contributed by atoms with E-state index in [-0.39, 0.29) is 11.6 Å². The molecule has 0 aromatic heterocycles. The molecular weight excluding hydrogens is 352 g/mol. The van der Waals surface area contributed by atoms with Gasteiger partial charge in [0.15, 0.2) is 11.6 Å². The third-order valence-corrected chi connectivity index (χ3v) is 4.65. The molecule has 1 aliphatic heterocycles. The fourth-order valence-corrected chi connectivity index (χ4v) is 3.09. The Balaban J connectivity index is 1.43. The van der Waals surface area contributed by atoms with Crippen LogP contribution in [0.15, 0.2) is 42.5 Å². The summed E-state index contributed by atoms with van der Waals surface area (Å²) in [5.41, 5.74) is 1.40. The molecule has 2 aromatic rings. The fourth-order valence-electron chi connectivity index (χ4n) is 3.09. The minimum Gasteiger partial charge on any atom is -0.497 e. The van der Waals surface area contributed by atoms with E-state index in [0.717, 1.165) is 49.7 Å². The summed E-state index contributed by atoms with van der Waals surface area (Å²) in [6.07, 6.45) is 0.304. The predicted molar refractivity (Wildman–Crippen MR) is 101 cm³/mol. The van der Waals surface area contributed by atoms with Gasteiger partial charge in [0.25, 0.3) is 0 Å². The molecule has 27 heavy (non-hydrogen) atoms. The maximum Gasteiger partial charge on any atom is 0.225 e. The molecule has 1 saturated heterocycles. The highest BCUT2D eigenvalue weighted by Gasteiger charge is 2.18. The number of amides is 1. The third kappa shape index (κ3) is 5.17. The van der Waals surface area contributed by atoms with Crippen molar-refractivity contribution < 1.29 is 18.3 Å². The zero-order chi connectivity index (χ0) is 19.2. The Morgan fingerprint density at radius 1 is 1.07 bits per heavy atom. The van der Waals surface area contributed by atoms with Crippen LogP contribution in [-0.4, -0.2) is 50.6 Å². The van der Waals surface area contributed by atoms with Gasteiger partial charge in [-0.05, 0) is 24.3 Å². The van der Waals surface area contributed by atoms with Gasteiger partial charge in [-0.25, -0.2) is 8.78 Å². The summed E-state index contributed by atoms with van der Waals surface area (Å²) in [7, 11) is 1.66. The van der Waals surface area contributed by atoms with E-state index in [4.69, 9.17) is 4.74 Å². The molecule has 1 aliphatic rings. The van der Waals surface area contributed by atoms with Crippen molar-refractivity contribution in [3.8, 4) is 5.75 Å². The summed E-state index contributed by atoms with van der Waals surface area (Å²) >= 11 is 0. The van der Waals surface area contributed by atoms with Gasteiger partial charge in [-0.15, -0.1) is 0 Å². The molecule has 0 spiro atoms. The van der Waals surface area contributed by atoms with Crippen LogP contribution in [-0.2, 0) is 4.79 Å². The second-order valence-electron chi connectivity index (χ2n) is 6.46. The van der Waals surface area contributed by atoms with E-state index in [2.05, 4.69) is 21.2 Å². The number of nitrogens with zero attached hydrogens (tertiary/aromatic N) is 2. The SMILES string of the molecule is COc1cccc(N2CCN(CCC(=O)Nc3ccc(F)c(F)c3)CC2)c1. The maximum atomic E-state index is 13.2. The van der Waals surface area contributed by atoms with Crippen LogP contribution >= 0.6 is 0 Å². The van der Waals surface area contributed by atoms with Crippen LogP contribution in [0.2, 0.25) is 0 Å². The molecule has 1 fully saturated rings. The van der Waals surface area contributed by atoms with Crippen LogP contribution in [0.5, 0.6) is 5.75 Å². The van der Waals surface area contributed by atoms with E-state index in [1.807, 2.05) is 18.2 Å². The number of nitrogens with one attached hydrogen (secondary N) is 1. The topological polar surface area (TPSA) is 44.8 Å². The number of benzene rings is 2. The van der Waals surface area contributed by atoms with E-state index in [1.54, 1.807) is 7.11 Å². The van der Waals surface area contributed by atoms with E-state index < -0.39 is 11.6 Å². The van der Waals surface area contributed by atoms with Gasteiger partial charge in [0.1, 0.15) is 5.75 Å². The second-order valence-corrected chi connectivity index (χ2v) is 6.46. The lowest BCUT2D eigenvalue weighted by molar-refractivity contribution is -0.116. The first-order valence-corrected chi connectivity index (χ1v) is 8.91. The summed E-state index contributed by atoms with van der Waals surface area (Å²) in [5.74, 6) is -1.27. The first-order valence-electron chi connectivity index (χ1n) is 8.91. The monoisotopic (exact) mass is 375 g/mol. The van der Waals surface area contributed by atoms with Crippen LogP contribution in [0.3, 0.4) is 0 Å². The number of anilines is 2. The van der Waals surface area contributed by atoms with Crippen molar-refractivity contribution in [2.45, 2.75) is 6.42 Å². The molecule has 1 amide bonds. The molecular formula is C20H23F2N3O2. The van der Waals surface area contributed by atoms with Crippen molar-refractivity contribution >= 4 is 17.3 Å². The van der Waals surface area contributed by atoms with Gasteiger partial charge in [0.2, 0.25) is 5.91 Å². The normalized spacial score (nSPS) is 14.9.